The quantitative estimate of drug-likeness (QED) is 0.444. The smallest absolute Gasteiger partial charge is 0.347 e. The number of nitrogens with one attached hydrogen (secondary N) is 1. The van der Waals surface area contributed by atoms with Crippen LogP contribution in [0.15, 0.2) is 60.0 Å². The lowest BCUT2D eigenvalue weighted by molar-refractivity contribution is -0.139. The van der Waals surface area contributed by atoms with Crippen molar-refractivity contribution in [2.45, 2.75) is 6.42 Å². The molecule has 8 nitrogen and oxygen atoms in total. The Bertz CT molecular complexity index is 1090. The lowest BCUT2D eigenvalue weighted by atomic mass is 10.1. The fraction of sp³-hybridized carbons (Fsp3) is 0.182. The number of ether oxygens (including phenoxy) is 2. The van der Waals surface area contributed by atoms with Crippen LogP contribution in [0.2, 0.25) is 0 Å². The highest BCUT2D eigenvalue weighted by Gasteiger charge is 2.33. The number of hydrogen-bond donors (Lipinski definition) is 1. The molecule has 0 bridgehead atoms. The molecule has 0 atom stereocenters. The largest absolute Gasteiger partial charge is 0.470 e. The van der Waals surface area contributed by atoms with E-state index in [2.05, 4.69) is 5.32 Å². The number of nitrogens with zero attached hydrogens (tertiary/aromatic N) is 1. The molecule has 0 aliphatic carbocycles. The third kappa shape index (κ3) is 3.67. The molecule has 0 saturated heterocycles. The second-order valence-electron chi connectivity index (χ2n) is 6.88. The Balaban J connectivity index is 1.44. The van der Waals surface area contributed by atoms with Gasteiger partial charge in [0.15, 0.2) is 24.6 Å². The minimum Gasteiger partial charge on any atom is -0.470 e. The Labute approximate surface area is 172 Å². The second kappa shape index (κ2) is 7.82. The zero-order chi connectivity index (χ0) is 21.3. The Kier molecular flexibility index (Phi) is 5.05. The minimum absolute atomic E-state index is 0.00253. The molecule has 2 aromatic carbocycles. The van der Waals surface area contributed by atoms with E-state index in [1.165, 1.54) is 4.90 Å². The molecule has 0 radical (unpaired) electrons. The van der Waals surface area contributed by atoms with E-state index >= 15 is 0 Å². The molecule has 0 unspecified atom stereocenters. The number of carbonyl (C=O) groups excluding carboxylic acids is 4. The van der Waals surface area contributed by atoms with Crippen LogP contribution in [0.5, 0.6) is 0 Å². The molecule has 2 aliphatic rings. The van der Waals surface area contributed by atoms with Crippen LogP contribution in [-0.2, 0) is 30.3 Å². The molecule has 1 N–H and O–H groups in total. The maximum absolute atomic E-state index is 12.5. The minimum atomic E-state index is -0.930. The van der Waals surface area contributed by atoms with Gasteiger partial charge in [-0.1, -0.05) is 18.2 Å². The molecule has 0 spiro atoms. The number of Topliss-reactive ketones (excluding diaryl/α,β-unsaturated/α-hetero) is 2. The number of ketones is 2. The second-order valence-corrected chi connectivity index (χ2v) is 6.88. The summed E-state index contributed by atoms with van der Waals surface area (Å²) in [6, 6.07) is 13.8. The van der Waals surface area contributed by atoms with E-state index in [1.54, 1.807) is 49.5 Å². The lowest BCUT2D eigenvalue weighted by Crippen LogP contribution is -2.20. The van der Waals surface area contributed by atoms with E-state index in [4.69, 9.17) is 9.47 Å². The fourth-order valence-corrected chi connectivity index (χ4v) is 3.30. The topological polar surface area (TPSA) is 102 Å². The standard InChI is InChI=1S/C22H18N2O6/c1-24-16-8-7-13(9-14(16)10-19(24)27)17(25)11-30-22(28)20-18(26)12-29-21(20)23-15-5-3-2-4-6-15/h2-9,23H,10-12H2,1H3. The predicted octanol–water partition coefficient (Wildman–Crippen LogP) is 1.85. The summed E-state index contributed by atoms with van der Waals surface area (Å²) in [5, 5.41) is 2.87. The number of likely N-dealkylation sites (N-methyl/N-ethyl adjacent to an activating group) is 1. The van der Waals surface area contributed by atoms with Gasteiger partial charge < -0.3 is 19.7 Å². The highest BCUT2D eigenvalue weighted by molar-refractivity contribution is 6.20. The van der Waals surface area contributed by atoms with Gasteiger partial charge in [0.25, 0.3) is 0 Å². The number of hydrogen-bond acceptors (Lipinski definition) is 7. The number of esters is 1. The molecule has 1 amide bonds. The van der Waals surface area contributed by atoms with Gasteiger partial charge in [0.1, 0.15) is 0 Å². The molecule has 30 heavy (non-hydrogen) atoms. The molecule has 2 aliphatic heterocycles. The van der Waals surface area contributed by atoms with Crippen molar-refractivity contribution in [2.75, 3.05) is 30.5 Å². The van der Waals surface area contributed by atoms with Crippen molar-refractivity contribution in [1.82, 2.24) is 0 Å². The number of carbonyl (C=O) groups is 4. The number of anilines is 2. The monoisotopic (exact) mass is 406 g/mol. The van der Waals surface area contributed by atoms with E-state index in [1.807, 2.05) is 6.07 Å². The van der Waals surface area contributed by atoms with Crippen molar-refractivity contribution in [1.29, 1.82) is 0 Å². The van der Waals surface area contributed by atoms with Gasteiger partial charge >= 0.3 is 5.97 Å². The van der Waals surface area contributed by atoms with E-state index in [0.29, 0.717) is 11.3 Å². The summed E-state index contributed by atoms with van der Waals surface area (Å²) in [5.41, 5.74) is 2.21. The SMILES string of the molecule is CN1C(=O)Cc2cc(C(=O)COC(=O)C3=C(Nc4ccccc4)OCC3=O)ccc21. The number of amides is 1. The van der Waals surface area contributed by atoms with Crippen LogP contribution in [0.4, 0.5) is 11.4 Å². The number of benzene rings is 2. The third-order valence-electron chi connectivity index (χ3n) is 4.90. The van der Waals surface area contributed by atoms with Gasteiger partial charge in [0.05, 0.1) is 6.42 Å². The Hall–Kier alpha value is -3.94. The Morgan fingerprint density at radius 3 is 2.67 bits per heavy atom. The van der Waals surface area contributed by atoms with Crippen LogP contribution in [0.25, 0.3) is 0 Å². The Morgan fingerprint density at radius 1 is 1.13 bits per heavy atom. The average molecular weight is 406 g/mol. The molecule has 0 aromatic heterocycles. The van der Waals surface area contributed by atoms with Crippen molar-refractivity contribution in [3.8, 4) is 0 Å². The van der Waals surface area contributed by atoms with Crippen molar-refractivity contribution in [2.24, 2.45) is 0 Å². The van der Waals surface area contributed by atoms with Crippen LogP contribution in [0.3, 0.4) is 0 Å². The van der Waals surface area contributed by atoms with Crippen molar-refractivity contribution < 1.29 is 28.7 Å². The van der Waals surface area contributed by atoms with Crippen molar-refractivity contribution in [3.05, 3.63) is 71.1 Å². The summed E-state index contributed by atoms with van der Waals surface area (Å²) in [4.78, 5) is 50.3. The first kappa shape index (κ1) is 19.4. The molecule has 8 heteroatoms. The maximum atomic E-state index is 12.5. The maximum Gasteiger partial charge on any atom is 0.347 e. The highest BCUT2D eigenvalue weighted by Crippen LogP contribution is 2.28. The van der Waals surface area contributed by atoms with Crippen LogP contribution in [0.1, 0.15) is 15.9 Å². The molecular formula is C22H18N2O6. The first-order valence-electron chi connectivity index (χ1n) is 9.26. The number of rotatable bonds is 6. The highest BCUT2D eigenvalue weighted by atomic mass is 16.5. The third-order valence-corrected chi connectivity index (χ3v) is 4.90. The first-order chi connectivity index (χ1) is 14.4. The predicted molar refractivity (Wildman–Crippen MR) is 107 cm³/mol. The summed E-state index contributed by atoms with van der Waals surface area (Å²) in [5.74, 6) is -1.93. The molecule has 152 valence electrons. The van der Waals surface area contributed by atoms with Gasteiger partial charge in [-0.3, -0.25) is 14.4 Å². The van der Waals surface area contributed by atoms with E-state index in [-0.39, 0.29) is 30.4 Å². The van der Waals surface area contributed by atoms with Crippen LogP contribution in [-0.4, -0.2) is 43.7 Å². The zero-order valence-corrected chi connectivity index (χ0v) is 16.1. The molecule has 2 heterocycles. The summed E-state index contributed by atoms with van der Waals surface area (Å²) in [6.07, 6.45) is 0.222. The van der Waals surface area contributed by atoms with Crippen molar-refractivity contribution in [3.63, 3.8) is 0 Å². The molecule has 2 aromatic rings. The normalized spacial score (nSPS) is 15.2. The van der Waals surface area contributed by atoms with E-state index < -0.39 is 24.1 Å². The van der Waals surface area contributed by atoms with Crippen molar-refractivity contribution >= 4 is 34.8 Å². The van der Waals surface area contributed by atoms with E-state index in [9.17, 15) is 19.2 Å². The molecule has 4 rings (SSSR count). The van der Waals surface area contributed by atoms with Crippen LogP contribution >= 0.6 is 0 Å². The van der Waals surface area contributed by atoms with Gasteiger partial charge in [0, 0.05) is 24.0 Å². The number of fused-ring (bicyclic) bond motifs is 1. The van der Waals surface area contributed by atoms with Gasteiger partial charge in [-0.15, -0.1) is 0 Å². The van der Waals surface area contributed by atoms with Crippen LogP contribution in [0, 0.1) is 0 Å². The lowest BCUT2D eigenvalue weighted by Gasteiger charge is -2.10. The first-order valence-corrected chi connectivity index (χ1v) is 9.26. The fourth-order valence-electron chi connectivity index (χ4n) is 3.30. The Morgan fingerprint density at radius 2 is 1.90 bits per heavy atom. The van der Waals surface area contributed by atoms with E-state index in [0.717, 1.165) is 11.3 Å². The van der Waals surface area contributed by atoms with Crippen LogP contribution < -0.4 is 10.2 Å². The van der Waals surface area contributed by atoms with Gasteiger partial charge in [0.2, 0.25) is 17.6 Å². The molecular weight excluding hydrogens is 388 g/mol. The zero-order valence-electron chi connectivity index (χ0n) is 16.1. The molecule has 0 fully saturated rings. The summed E-state index contributed by atoms with van der Waals surface area (Å²) < 4.78 is 10.3. The average Bonchev–Trinajstić information content (AvgIpc) is 3.25. The van der Waals surface area contributed by atoms with Gasteiger partial charge in [-0.2, -0.15) is 0 Å². The molecule has 0 saturated carbocycles. The van der Waals surface area contributed by atoms with Gasteiger partial charge in [-0.05, 0) is 35.9 Å². The summed E-state index contributed by atoms with van der Waals surface area (Å²) in [6.45, 7) is -0.809. The number of para-hydroxylation sites is 1. The summed E-state index contributed by atoms with van der Waals surface area (Å²) >= 11 is 0. The summed E-state index contributed by atoms with van der Waals surface area (Å²) in [7, 11) is 1.67. The van der Waals surface area contributed by atoms with Gasteiger partial charge in [-0.25, -0.2) is 4.79 Å².